The summed E-state index contributed by atoms with van der Waals surface area (Å²) in [5, 5.41) is 10.9. The van der Waals surface area contributed by atoms with E-state index in [1.54, 1.807) is 21.0 Å². The molecule has 0 aliphatic heterocycles. The average Bonchev–Trinajstić information content (AvgIpc) is 1.68. The molecule has 0 spiro atoms. The minimum Gasteiger partial charge on any atom is -0.311 e. The SMILES string of the molecule is CN=NC(C)=NNC. The average molecular weight is 114 g/mol. The van der Waals surface area contributed by atoms with E-state index in [0.29, 0.717) is 5.84 Å². The lowest BCUT2D eigenvalue weighted by Gasteiger charge is -1.86. The lowest BCUT2D eigenvalue weighted by atomic mass is 10.7. The summed E-state index contributed by atoms with van der Waals surface area (Å²) in [7, 11) is 3.32. The molecule has 0 aromatic carbocycles. The van der Waals surface area contributed by atoms with Gasteiger partial charge in [0, 0.05) is 14.1 Å². The molecule has 0 fully saturated rings. The Bertz CT molecular complexity index is 105. The molecule has 0 bridgehead atoms. The van der Waals surface area contributed by atoms with Crippen molar-refractivity contribution in [3.05, 3.63) is 0 Å². The molecular weight excluding hydrogens is 104 g/mol. The first-order valence-electron chi connectivity index (χ1n) is 2.32. The minimum atomic E-state index is 0.634. The molecule has 0 aliphatic carbocycles. The van der Waals surface area contributed by atoms with E-state index in [-0.39, 0.29) is 0 Å². The summed E-state index contributed by atoms with van der Waals surface area (Å²) in [5.41, 5.74) is 2.59. The number of azo groups is 1. The summed E-state index contributed by atoms with van der Waals surface area (Å²) in [5.74, 6) is 0.634. The second-order valence-corrected chi connectivity index (χ2v) is 1.18. The van der Waals surface area contributed by atoms with Gasteiger partial charge in [-0.3, -0.25) is 0 Å². The van der Waals surface area contributed by atoms with E-state index >= 15 is 0 Å². The predicted molar refractivity (Wildman–Crippen MR) is 32.9 cm³/mol. The van der Waals surface area contributed by atoms with Crippen molar-refractivity contribution in [1.82, 2.24) is 5.43 Å². The molecule has 0 amide bonds. The summed E-state index contributed by atoms with van der Waals surface area (Å²) in [4.78, 5) is 0. The summed E-state index contributed by atoms with van der Waals surface area (Å²) in [6.45, 7) is 1.77. The van der Waals surface area contributed by atoms with Crippen LogP contribution in [0, 0.1) is 0 Å². The third-order valence-electron chi connectivity index (χ3n) is 0.518. The van der Waals surface area contributed by atoms with E-state index in [1.807, 2.05) is 0 Å². The molecule has 0 radical (unpaired) electrons. The van der Waals surface area contributed by atoms with Gasteiger partial charge in [0.15, 0.2) is 5.84 Å². The van der Waals surface area contributed by atoms with Gasteiger partial charge in [0.05, 0.1) is 0 Å². The number of hydrogen-bond acceptors (Lipinski definition) is 3. The van der Waals surface area contributed by atoms with Crippen LogP contribution in [0.4, 0.5) is 0 Å². The monoisotopic (exact) mass is 114 g/mol. The second-order valence-electron chi connectivity index (χ2n) is 1.18. The van der Waals surface area contributed by atoms with Crippen molar-refractivity contribution >= 4 is 5.84 Å². The number of nitrogens with one attached hydrogen (secondary N) is 1. The fourth-order valence-corrected chi connectivity index (χ4v) is 0.329. The Labute approximate surface area is 48.7 Å². The van der Waals surface area contributed by atoms with Crippen LogP contribution in [0.15, 0.2) is 15.3 Å². The number of hydrazone groups is 1. The van der Waals surface area contributed by atoms with Crippen molar-refractivity contribution in [3.63, 3.8) is 0 Å². The highest BCUT2D eigenvalue weighted by molar-refractivity contribution is 5.79. The highest BCUT2D eigenvalue weighted by Crippen LogP contribution is 1.75. The summed E-state index contributed by atoms with van der Waals surface area (Å²) in [6, 6.07) is 0. The first-order chi connectivity index (χ1) is 3.81. The Kier molecular flexibility index (Phi) is 3.74. The maximum Gasteiger partial charge on any atom is 0.167 e. The van der Waals surface area contributed by atoms with E-state index < -0.39 is 0 Å². The van der Waals surface area contributed by atoms with E-state index in [4.69, 9.17) is 0 Å². The fraction of sp³-hybridized carbons (Fsp3) is 0.750. The quantitative estimate of drug-likeness (QED) is 0.231. The molecule has 0 saturated heterocycles. The van der Waals surface area contributed by atoms with Crippen LogP contribution in [-0.4, -0.2) is 19.9 Å². The molecule has 0 aromatic heterocycles. The molecule has 1 N–H and O–H groups in total. The van der Waals surface area contributed by atoms with Gasteiger partial charge in [0.25, 0.3) is 0 Å². The topological polar surface area (TPSA) is 49.1 Å². The third kappa shape index (κ3) is 3.27. The Morgan fingerprint density at radius 3 is 2.50 bits per heavy atom. The predicted octanol–water partition coefficient (Wildman–Crippen LogP) is 0.621. The number of amidine groups is 1. The van der Waals surface area contributed by atoms with Crippen LogP contribution in [0.3, 0.4) is 0 Å². The molecule has 0 saturated carbocycles. The normalized spacial score (nSPS) is 12.6. The minimum absolute atomic E-state index is 0.634. The zero-order valence-corrected chi connectivity index (χ0v) is 5.34. The summed E-state index contributed by atoms with van der Waals surface area (Å²) < 4.78 is 0. The zero-order valence-electron chi connectivity index (χ0n) is 5.34. The highest BCUT2D eigenvalue weighted by atomic mass is 15.3. The Morgan fingerprint density at radius 1 is 1.50 bits per heavy atom. The van der Waals surface area contributed by atoms with Gasteiger partial charge in [-0.15, -0.1) is 5.11 Å². The van der Waals surface area contributed by atoms with Crippen molar-refractivity contribution in [2.45, 2.75) is 6.92 Å². The maximum absolute atomic E-state index is 3.72. The molecule has 4 nitrogen and oxygen atoms in total. The van der Waals surface area contributed by atoms with Gasteiger partial charge in [0.2, 0.25) is 0 Å². The van der Waals surface area contributed by atoms with E-state index in [1.165, 1.54) is 0 Å². The molecule has 0 heterocycles. The fourth-order valence-electron chi connectivity index (χ4n) is 0.329. The van der Waals surface area contributed by atoms with Crippen LogP contribution in [0.2, 0.25) is 0 Å². The molecular formula is C4H10N4. The second kappa shape index (κ2) is 4.23. The largest absolute Gasteiger partial charge is 0.311 e. The van der Waals surface area contributed by atoms with Crippen molar-refractivity contribution in [2.24, 2.45) is 15.3 Å². The number of nitrogens with zero attached hydrogens (tertiary/aromatic N) is 3. The van der Waals surface area contributed by atoms with Gasteiger partial charge in [0.1, 0.15) is 0 Å². The van der Waals surface area contributed by atoms with Gasteiger partial charge in [-0.05, 0) is 6.92 Å². The molecule has 0 aromatic rings. The molecule has 0 aliphatic rings. The molecule has 8 heavy (non-hydrogen) atoms. The van der Waals surface area contributed by atoms with Crippen LogP contribution >= 0.6 is 0 Å². The summed E-state index contributed by atoms with van der Waals surface area (Å²) >= 11 is 0. The highest BCUT2D eigenvalue weighted by Gasteiger charge is 1.77. The Balaban J connectivity index is 3.61. The van der Waals surface area contributed by atoms with Crippen molar-refractivity contribution in [2.75, 3.05) is 14.1 Å². The van der Waals surface area contributed by atoms with Gasteiger partial charge < -0.3 is 5.43 Å². The Hall–Kier alpha value is -0.930. The van der Waals surface area contributed by atoms with Crippen molar-refractivity contribution in [3.8, 4) is 0 Å². The lowest BCUT2D eigenvalue weighted by molar-refractivity contribution is 0.891. The first-order valence-corrected chi connectivity index (χ1v) is 2.32. The summed E-state index contributed by atoms with van der Waals surface area (Å²) in [6.07, 6.45) is 0. The van der Waals surface area contributed by atoms with Crippen LogP contribution in [0.5, 0.6) is 0 Å². The van der Waals surface area contributed by atoms with Crippen LogP contribution in [-0.2, 0) is 0 Å². The van der Waals surface area contributed by atoms with Crippen LogP contribution in [0.1, 0.15) is 6.92 Å². The lowest BCUT2D eigenvalue weighted by Crippen LogP contribution is -1.97. The van der Waals surface area contributed by atoms with Gasteiger partial charge in [-0.2, -0.15) is 10.2 Å². The van der Waals surface area contributed by atoms with Crippen LogP contribution < -0.4 is 5.43 Å². The van der Waals surface area contributed by atoms with Gasteiger partial charge in [-0.1, -0.05) is 0 Å². The standard InChI is InChI=1S/C4H10N4/c1-4(7-5-2)8-6-3/h5H,1-3H3. The molecule has 0 atom stereocenters. The van der Waals surface area contributed by atoms with Crippen molar-refractivity contribution in [1.29, 1.82) is 0 Å². The zero-order chi connectivity index (χ0) is 6.41. The number of rotatable bonds is 1. The van der Waals surface area contributed by atoms with Crippen molar-refractivity contribution < 1.29 is 0 Å². The van der Waals surface area contributed by atoms with E-state index in [0.717, 1.165) is 0 Å². The van der Waals surface area contributed by atoms with Gasteiger partial charge in [-0.25, -0.2) is 0 Å². The molecule has 46 valence electrons. The maximum atomic E-state index is 3.72. The molecule has 4 heteroatoms. The van der Waals surface area contributed by atoms with Gasteiger partial charge >= 0.3 is 0 Å². The molecule has 0 unspecified atom stereocenters. The smallest absolute Gasteiger partial charge is 0.167 e. The third-order valence-corrected chi connectivity index (χ3v) is 0.518. The van der Waals surface area contributed by atoms with Crippen LogP contribution in [0.25, 0.3) is 0 Å². The van der Waals surface area contributed by atoms with E-state index in [9.17, 15) is 0 Å². The molecule has 0 rings (SSSR count). The number of hydrogen-bond donors (Lipinski definition) is 1. The Morgan fingerprint density at radius 2 is 2.12 bits per heavy atom. The van der Waals surface area contributed by atoms with E-state index in [2.05, 4.69) is 20.8 Å². The first kappa shape index (κ1) is 7.07.